The van der Waals surface area contributed by atoms with Gasteiger partial charge in [-0.3, -0.25) is 14.4 Å². The van der Waals surface area contributed by atoms with Crippen molar-refractivity contribution in [2.24, 2.45) is 5.41 Å². The van der Waals surface area contributed by atoms with Crippen molar-refractivity contribution in [1.29, 1.82) is 0 Å². The quantitative estimate of drug-likeness (QED) is 0.708. The normalized spacial score (nSPS) is 16.6. The number of amides is 2. The van der Waals surface area contributed by atoms with Gasteiger partial charge in [0.15, 0.2) is 0 Å². The van der Waals surface area contributed by atoms with Crippen molar-refractivity contribution in [3.63, 3.8) is 0 Å². The van der Waals surface area contributed by atoms with Crippen LogP contribution in [-0.4, -0.2) is 22.9 Å². The van der Waals surface area contributed by atoms with Crippen molar-refractivity contribution in [3.8, 4) is 0 Å². The second-order valence-electron chi connectivity index (χ2n) is 6.60. The molecule has 0 unspecified atom stereocenters. The molecule has 0 atom stereocenters. The molecule has 1 aromatic carbocycles. The molecule has 7 heteroatoms. The monoisotopic (exact) mass is 350 g/mol. The summed E-state index contributed by atoms with van der Waals surface area (Å²) in [5, 5.41) is 14.6. The number of hydrogen-bond donors (Lipinski definition) is 3. The van der Waals surface area contributed by atoms with Gasteiger partial charge < -0.3 is 15.7 Å². The number of carbonyl (C=O) groups is 3. The number of anilines is 2. The predicted molar refractivity (Wildman–Crippen MR) is 91.7 cm³/mol. The molecule has 0 radical (unpaired) electrons. The van der Waals surface area contributed by atoms with Crippen LogP contribution in [0.15, 0.2) is 18.2 Å². The first-order valence-corrected chi connectivity index (χ1v) is 8.43. The summed E-state index contributed by atoms with van der Waals surface area (Å²) in [5.74, 6) is -2.41. The van der Waals surface area contributed by atoms with Gasteiger partial charge in [-0.25, -0.2) is 4.39 Å². The Labute approximate surface area is 145 Å². The van der Waals surface area contributed by atoms with E-state index in [4.69, 9.17) is 0 Å². The molecule has 25 heavy (non-hydrogen) atoms. The van der Waals surface area contributed by atoms with Crippen molar-refractivity contribution >= 4 is 29.2 Å². The Morgan fingerprint density at radius 2 is 1.76 bits per heavy atom. The number of aliphatic carboxylic acids is 1. The third-order valence-electron chi connectivity index (χ3n) is 4.57. The molecule has 0 bridgehead atoms. The Balaban J connectivity index is 2.10. The summed E-state index contributed by atoms with van der Waals surface area (Å²) in [6.45, 7) is 1.26. The number of carbonyl (C=O) groups excluding carboxylic acids is 2. The van der Waals surface area contributed by atoms with Gasteiger partial charge in [0.05, 0.1) is 11.1 Å². The fourth-order valence-electron chi connectivity index (χ4n) is 3.27. The molecule has 1 aliphatic carbocycles. The first-order valence-electron chi connectivity index (χ1n) is 8.43. The van der Waals surface area contributed by atoms with Crippen LogP contribution in [0.25, 0.3) is 0 Å². The van der Waals surface area contributed by atoms with E-state index in [0.717, 1.165) is 31.7 Å². The van der Waals surface area contributed by atoms with Gasteiger partial charge in [-0.2, -0.15) is 0 Å². The van der Waals surface area contributed by atoms with E-state index in [1.807, 2.05) is 0 Å². The number of rotatable bonds is 5. The van der Waals surface area contributed by atoms with Gasteiger partial charge in [-0.1, -0.05) is 25.7 Å². The molecule has 1 aromatic rings. The molecule has 0 spiro atoms. The highest BCUT2D eigenvalue weighted by Gasteiger charge is 2.40. The number of hydrogen-bond acceptors (Lipinski definition) is 3. The summed E-state index contributed by atoms with van der Waals surface area (Å²) in [6.07, 6.45) is 4.40. The second kappa shape index (κ2) is 8.09. The van der Waals surface area contributed by atoms with E-state index in [0.29, 0.717) is 18.5 Å². The zero-order valence-electron chi connectivity index (χ0n) is 14.2. The summed E-state index contributed by atoms with van der Waals surface area (Å²) >= 11 is 0. The van der Waals surface area contributed by atoms with E-state index < -0.39 is 29.0 Å². The first kappa shape index (κ1) is 18.9. The van der Waals surface area contributed by atoms with E-state index in [1.54, 1.807) is 0 Å². The van der Waals surface area contributed by atoms with Gasteiger partial charge in [0.1, 0.15) is 5.82 Å². The van der Waals surface area contributed by atoms with Crippen LogP contribution in [0.1, 0.15) is 51.9 Å². The van der Waals surface area contributed by atoms with Crippen molar-refractivity contribution in [1.82, 2.24) is 0 Å². The number of halogens is 1. The Morgan fingerprint density at radius 1 is 1.12 bits per heavy atom. The topological polar surface area (TPSA) is 95.5 Å². The summed E-state index contributed by atoms with van der Waals surface area (Å²) in [4.78, 5) is 35.2. The Hall–Kier alpha value is -2.44. The first-order chi connectivity index (χ1) is 11.8. The van der Waals surface area contributed by atoms with E-state index in [9.17, 15) is 23.9 Å². The third-order valence-corrected chi connectivity index (χ3v) is 4.57. The molecule has 0 aliphatic heterocycles. The minimum absolute atomic E-state index is 0.0345. The summed E-state index contributed by atoms with van der Waals surface area (Å²) in [7, 11) is 0. The lowest BCUT2D eigenvalue weighted by atomic mass is 9.77. The van der Waals surface area contributed by atoms with Gasteiger partial charge in [-0.15, -0.1) is 0 Å². The average molecular weight is 350 g/mol. The lowest BCUT2D eigenvalue weighted by Crippen LogP contribution is -2.35. The van der Waals surface area contributed by atoms with E-state index in [1.165, 1.54) is 19.1 Å². The zero-order valence-corrected chi connectivity index (χ0v) is 14.2. The number of benzene rings is 1. The maximum absolute atomic E-state index is 13.6. The summed E-state index contributed by atoms with van der Waals surface area (Å²) < 4.78 is 13.6. The molecule has 6 nitrogen and oxygen atoms in total. The minimum atomic E-state index is -1.04. The van der Waals surface area contributed by atoms with Crippen molar-refractivity contribution in [3.05, 3.63) is 24.0 Å². The molecule has 2 amide bonds. The van der Waals surface area contributed by atoms with Crippen LogP contribution >= 0.6 is 0 Å². The molecule has 3 N–H and O–H groups in total. The molecule has 0 saturated heterocycles. The standard InChI is InChI=1S/C18H23FN2O4/c1-12(22)20-15-10-13(6-7-14(15)19)21-16(23)11-18(17(24)25)8-4-2-3-5-9-18/h6-7,10H,2-5,8-9,11H2,1H3,(H,20,22)(H,21,23)(H,24,25). The van der Waals surface area contributed by atoms with Gasteiger partial charge in [0.25, 0.3) is 0 Å². The molecular formula is C18H23FN2O4. The molecule has 0 aromatic heterocycles. The zero-order chi connectivity index (χ0) is 18.4. The van der Waals surface area contributed by atoms with Crippen LogP contribution in [0, 0.1) is 11.2 Å². The van der Waals surface area contributed by atoms with Crippen molar-refractivity contribution in [2.45, 2.75) is 51.9 Å². The third kappa shape index (κ3) is 5.01. The molecule has 0 heterocycles. The SMILES string of the molecule is CC(=O)Nc1cc(NC(=O)CC2(C(=O)O)CCCCCC2)ccc1F. The van der Waals surface area contributed by atoms with E-state index in [-0.39, 0.29) is 12.1 Å². The van der Waals surface area contributed by atoms with E-state index >= 15 is 0 Å². The fraction of sp³-hybridized carbons (Fsp3) is 0.500. The largest absolute Gasteiger partial charge is 0.481 e. The molecule has 1 saturated carbocycles. The Morgan fingerprint density at radius 3 is 2.32 bits per heavy atom. The smallest absolute Gasteiger partial charge is 0.310 e. The van der Waals surface area contributed by atoms with Crippen LogP contribution in [-0.2, 0) is 14.4 Å². The van der Waals surface area contributed by atoms with Gasteiger partial charge in [-0.05, 0) is 31.0 Å². The number of nitrogens with one attached hydrogen (secondary N) is 2. The minimum Gasteiger partial charge on any atom is -0.481 e. The molecule has 1 aliphatic rings. The number of carboxylic acids is 1. The Kier molecular flexibility index (Phi) is 6.12. The highest BCUT2D eigenvalue weighted by atomic mass is 19.1. The van der Waals surface area contributed by atoms with Crippen LogP contribution in [0.5, 0.6) is 0 Å². The summed E-state index contributed by atoms with van der Waals surface area (Å²) in [6, 6.07) is 3.83. The average Bonchev–Trinajstić information content (AvgIpc) is 2.76. The summed E-state index contributed by atoms with van der Waals surface area (Å²) in [5.41, 5.74) is -0.766. The molecule has 1 fully saturated rings. The van der Waals surface area contributed by atoms with Gasteiger partial charge in [0.2, 0.25) is 11.8 Å². The van der Waals surface area contributed by atoms with Crippen molar-refractivity contribution in [2.75, 3.05) is 10.6 Å². The lowest BCUT2D eigenvalue weighted by Gasteiger charge is -2.27. The van der Waals surface area contributed by atoms with Gasteiger partial charge >= 0.3 is 5.97 Å². The van der Waals surface area contributed by atoms with Crippen LogP contribution in [0.4, 0.5) is 15.8 Å². The molecular weight excluding hydrogens is 327 g/mol. The second-order valence-corrected chi connectivity index (χ2v) is 6.60. The Bertz CT molecular complexity index is 667. The van der Waals surface area contributed by atoms with Crippen molar-refractivity contribution < 1.29 is 23.9 Å². The highest BCUT2D eigenvalue weighted by Crippen LogP contribution is 2.38. The number of carboxylic acid groups (broad SMARTS) is 1. The van der Waals surface area contributed by atoms with Crippen LogP contribution in [0.3, 0.4) is 0 Å². The highest BCUT2D eigenvalue weighted by molar-refractivity contribution is 5.95. The predicted octanol–water partition coefficient (Wildman–Crippen LogP) is 3.54. The maximum Gasteiger partial charge on any atom is 0.310 e. The fourth-order valence-corrected chi connectivity index (χ4v) is 3.27. The molecule has 136 valence electrons. The van der Waals surface area contributed by atoms with Gasteiger partial charge in [0, 0.05) is 19.0 Å². The van der Waals surface area contributed by atoms with Crippen LogP contribution in [0.2, 0.25) is 0 Å². The molecule has 2 rings (SSSR count). The van der Waals surface area contributed by atoms with Crippen LogP contribution < -0.4 is 10.6 Å². The van der Waals surface area contributed by atoms with E-state index in [2.05, 4.69) is 10.6 Å². The lowest BCUT2D eigenvalue weighted by molar-refractivity contribution is -0.152. The maximum atomic E-state index is 13.6.